The molecular weight excluding hydrogens is 334 g/mol. The fourth-order valence-electron chi connectivity index (χ4n) is 2.18. The van der Waals surface area contributed by atoms with Gasteiger partial charge in [0.25, 0.3) is 0 Å². The van der Waals surface area contributed by atoms with Crippen molar-refractivity contribution in [3.05, 3.63) is 47.0 Å². The summed E-state index contributed by atoms with van der Waals surface area (Å²) in [4.78, 5) is 30.7. The molecule has 2 rings (SSSR count). The van der Waals surface area contributed by atoms with Gasteiger partial charge in [-0.15, -0.1) is 0 Å². The van der Waals surface area contributed by atoms with Crippen LogP contribution in [0.5, 0.6) is 5.75 Å². The molecule has 0 saturated carbocycles. The lowest BCUT2D eigenvalue weighted by molar-refractivity contribution is -0.145. The summed E-state index contributed by atoms with van der Waals surface area (Å²) in [5.74, 6) is -0.810. The highest BCUT2D eigenvalue weighted by Gasteiger charge is 2.22. The molecule has 8 heteroatoms. The zero-order valence-corrected chi connectivity index (χ0v) is 13.8. The fraction of sp³-hybridized carbons (Fsp3) is 0.312. The van der Waals surface area contributed by atoms with Crippen molar-refractivity contribution in [1.29, 1.82) is 0 Å². The van der Waals surface area contributed by atoms with Crippen LogP contribution in [0.4, 0.5) is 0 Å². The van der Waals surface area contributed by atoms with Crippen molar-refractivity contribution >= 4 is 23.5 Å². The molecule has 0 aliphatic heterocycles. The number of esters is 1. The van der Waals surface area contributed by atoms with Gasteiger partial charge in [0.05, 0.1) is 18.5 Å². The standard InChI is InChI=1S/C16H18ClN3O4/c1-24-16(23)13(7-11-8-18-9-19-11)20-15(22)5-3-10-2-4-14(21)12(17)6-10/h2,4,6,8-9,13,21H,3,5,7H2,1H3,(H,18,19)(H,20,22)/t13-/m0/s1. The molecule has 24 heavy (non-hydrogen) atoms. The Morgan fingerprint density at radius 3 is 2.88 bits per heavy atom. The van der Waals surface area contributed by atoms with E-state index >= 15 is 0 Å². The van der Waals surface area contributed by atoms with Gasteiger partial charge >= 0.3 is 5.97 Å². The molecule has 0 radical (unpaired) electrons. The molecule has 0 spiro atoms. The van der Waals surface area contributed by atoms with Gasteiger partial charge in [-0.05, 0) is 24.1 Å². The number of carbonyl (C=O) groups is 2. The van der Waals surface area contributed by atoms with E-state index in [1.165, 1.54) is 19.5 Å². The van der Waals surface area contributed by atoms with Crippen LogP contribution < -0.4 is 5.32 Å². The number of amides is 1. The maximum Gasteiger partial charge on any atom is 0.328 e. The minimum atomic E-state index is -0.786. The van der Waals surface area contributed by atoms with Gasteiger partial charge in [-0.2, -0.15) is 0 Å². The molecule has 2 aromatic rings. The second-order valence-electron chi connectivity index (χ2n) is 5.21. The number of phenolic OH excluding ortho intramolecular Hbond substituents is 1. The van der Waals surface area contributed by atoms with Crippen LogP contribution in [0.2, 0.25) is 5.02 Å². The highest BCUT2D eigenvalue weighted by atomic mass is 35.5. The number of hydrogen-bond donors (Lipinski definition) is 3. The summed E-state index contributed by atoms with van der Waals surface area (Å²) in [6.45, 7) is 0. The van der Waals surface area contributed by atoms with Gasteiger partial charge in [0.15, 0.2) is 0 Å². The topological polar surface area (TPSA) is 104 Å². The first-order valence-corrected chi connectivity index (χ1v) is 7.69. The average molecular weight is 352 g/mol. The molecule has 0 aliphatic carbocycles. The highest BCUT2D eigenvalue weighted by Crippen LogP contribution is 2.24. The van der Waals surface area contributed by atoms with Crippen LogP contribution in [0.15, 0.2) is 30.7 Å². The maximum atomic E-state index is 12.1. The minimum Gasteiger partial charge on any atom is -0.506 e. The molecule has 1 aromatic heterocycles. The Kier molecular flexibility index (Phi) is 6.20. The molecule has 3 N–H and O–H groups in total. The first-order valence-electron chi connectivity index (χ1n) is 7.31. The van der Waals surface area contributed by atoms with Crippen molar-refractivity contribution in [1.82, 2.24) is 15.3 Å². The van der Waals surface area contributed by atoms with Gasteiger partial charge in [0.1, 0.15) is 11.8 Å². The smallest absolute Gasteiger partial charge is 0.328 e. The molecule has 128 valence electrons. The number of carbonyl (C=O) groups excluding carboxylic acids is 2. The third kappa shape index (κ3) is 4.99. The number of aryl methyl sites for hydroxylation is 1. The Labute approximate surface area is 144 Å². The first-order chi connectivity index (χ1) is 11.5. The predicted octanol–water partition coefficient (Wildman–Crippen LogP) is 1.60. The van der Waals surface area contributed by atoms with Crippen molar-refractivity contribution in [3.63, 3.8) is 0 Å². The molecular formula is C16H18ClN3O4. The van der Waals surface area contributed by atoms with E-state index in [0.29, 0.717) is 6.42 Å². The fourth-order valence-corrected chi connectivity index (χ4v) is 2.39. The number of imidazole rings is 1. The van der Waals surface area contributed by atoms with Gasteiger partial charge in [0.2, 0.25) is 5.91 Å². The predicted molar refractivity (Wildman–Crippen MR) is 87.7 cm³/mol. The number of halogens is 1. The Bertz CT molecular complexity index is 703. The number of phenols is 1. The lowest BCUT2D eigenvalue weighted by Gasteiger charge is -2.15. The van der Waals surface area contributed by atoms with Crippen LogP contribution >= 0.6 is 11.6 Å². The number of aromatic hydroxyl groups is 1. The molecule has 0 aliphatic rings. The number of H-pyrrole nitrogens is 1. The van der Waals surface area contributed by atoms with Crippen LogP contribution in [0.3, 0.4) is 0 Å². The lowest BCUT2D eigenvalue weighted by Crippen LogP contribution is -2.43. The number of ether oxygens (including phenoxy) is 1. The second-order valence-corrected chi connectivity index (χ2v) is 5.62. The van der Waals surface area contributed by atoms with Crippen LogP contribution in [-0.2, 0) is 27.2 Å². The summed E-state index contributed by atoms with van der Waals surface area (Å²) < 4.78 is 4.72. The van der Waals surface area contributed by atoms with Gasteiger partial charge in [-0.25, -0.2) is 9.78 Å². The van der Waals surface area contributed by atoms with E-state index in [1.54, 1.807) is 18.3 Å². The molecule has 0 unspecified atom stereocenters. The van der Waals surface area contributed by atoms with E-state index in [-0.39, 0.29) is 29.5 Å². The summed E-state index contributed by atoms with van der Waals surface area (Å²) in [5, 5.41) is 12.3. The summed E-state index contributed by atoms with van der Waals surface area (Å²) in [5.41, 5.74) is 1.53. The Hall–Kier alpha value is -2.54. The van der Waals surface area contributed by atoms with E-state index in [4.69, 9.17) is 16.3 Å². The van der Waals surface area contributed by atoms with Gasteiger partial charge < -0.3 is 20.1 Å². The summed E-state index contributed by atoms with van der Waals surface area (Å²) in [6, 6.07) is 3.99. The zero-order valence-electron chi connectivity index (χ0n) is 13.1. The van der Waals surface area contributed by atoms with Gasteiger partial charge in [-0.1, -0.05) is 17.7 Å². The van der Waals surface area contributed by atoms with Crippen molar-refractivity contribution in [3.8, 4) is 5.75 Å². The lowest BCUT2D eigenvalue weighted by atomic mass is 10.1. The van der Waals surface area contributed by atoms with Crippen molar-refractivity contribution in [2.24, 2.45) is 0 Å². The average Bonchev–Trinajstić information content (AvgIpc) is 3.07. The molecule has 1 heterocycles. The third-order valence-corrected chi connectivity index (χ3v) is 3.76. The molecule has 1 atom stereocenters. The molecule has 7 nitrogen and oxygen atoms in total. The molecule has 1 aromatic carbocycles. The Morgan fingerprint density at radius 1 is 1.46 bits per heavy atom. The largest absolute Gasteiger partial charge is 0.506 e. The number of nitrogens with zero attached hydrogens (tertiary/aromatic N) is 1. The van der Waals surface area contributed by atoms with Gasteiger partial charge in [-0.3, -0.25) is 4.79 Å². The number of aromatic nitrogens is 2. The van der Waals surface area contributed by atoms with Crippen LogP contribution in [0.25, 0.3) is 0 Å². The Balaban J connectivity index is 1.91. The zero-order chi connectivity index (χ0) is 17.5. The number of hydrogen-bond acceptors (Lipinski definition) is 5. The second kappa shape index (κ2) is 8.35. The molecule has 0 bridgehead atoms. The van der Waals surface area contributed by atoms with E-state index in [2.05, 4.69) is 15.3 Å². The van der Waals surface area contributed by atoms with Crippen molar-refractivity contribution in [2.45, 2.75) is 25.3 Å². The highest BCUT2D eigenvalue weighted by molar-refractivity contribution is 6.32. The summed E-state index contributed by atoms with van der Waals surface area (Å²) in [6.07, 6.45) is 3.96. The third-order valence-electron chi connectivity index (χ3n) is 3.45. The van der Waals surface area contributed by atoms with E-state index in [1.807, 2.05) is 0 Å². The van der Waals surface area contributed by atoms with Gasteiger partial charge in [0, 0.05) is 24.7 Å². The van der Waals surface area contributed by atoms with E-state index < -0.39 is 12.0 Å². The summed E-state index contributed by atoms with van der Waals surface area (Å²) >= 11 is 5.83. The maximum absolute atomic E-state index is 12.1. The van der Waals surface area contributed by atoms with Crippen LogP contribution in [-0.4, -0.2) is 40.1 Å². The normalized spacial score (nSPS) is 11.8. The summed E-state index contributed by atoms with van der Waals surface area (Å²) in [7, 11) is 1.27. The van der Waals surface area contributed by atoms with Crippen molar-refractivity contribution in [2.75, 3.05) is 7.11 Å². The molecule has 0 saturated heterocycles. The number of rotatable bonds is 7. The monoisotopic (exact) mass is 351 g/mol. The van der Waals surface area contributed by atoms with Crippen LogP contribution in [0.1, 0.15) is 17.7 Å². The first kappa shape index (κ1) is 17.8. The minimum absolute atomic E-state index is 0.00446. The van der Waals surface area contributed by atoms with Crippen molar-refractivity contribution < 1.29 is 19.4 Å². The molecule has 1 amide bonds. The quantitative estimate of drug-likeness (QED) is 0.657. The number of aromatic amines is 1. The van der Waals surface area contributed by atoms with E-state index in [0.717, 1.165) is 11.3 Å². The van der Waals surface area contributed by atoms with E-state index in [9.17, 15) is 14.7 Å². The Morgan fingerprint density at radius 2 is 2.25 bits per heavy atom. The number of nitrogens with one attached hydrogen (secondary N) is 2. The molecule has 0 fully saturated rings. The van der Waals surface area contributed by atoms with Crippen LogP contribution in [0, 0.1) is 0 Å². The number of methoxy groups -OCH3 is 1. The number of benzene rings is 1. The SMILES string of the molecule is COC(=O)[C@H](Cc1cnc[nH]1)NC(=O)CCc1ccc(O)c(Cl)c1.